The fourth-order valence-corrected chi connectivity index (χ4v) is 2.38. The van der Waals surface area contributed by atoms with Crippen molar-refractivity contribution in [1.82, 2.24) is 14.9 Å². The van der Waals surface area contributed by atoms with Crippen LogP contribution in [0.25, 0.3) is 0 Å². The number of nitrogens with one attached hydrogen (secondary N) is 1. The lowest BCUT2D eigenvalue weighted by Crippen LogP contribution is -2.34. The van der Waals surface area contributed by atoms with E-state index >= 15 is 0 Å². The molecule has 1 saturated heterocycles. The van der Waals surface area contributed by atoms with Crippen molar-refractivity contribution >= 4 is 11.7 Å². The second kappa shape index (κ2) is 5.30. The highest BCUT2D eigenvalue weighted by atomic mass is 16.1. The number of aromatic nitrogens is 2. The van der Waals surface area contributed by atoms with Crippen molar-refractivity contribution in [2.45, 2.75) is 25.8 Å². The minimum atomic E-state index is -0.302. The Kier molecular flexibility index (Phi) is 3.76. The molecule has 0 bridgehead atoms. The van der Waals surface area contributed by atoms with Gasteiger partial charge >= 0.3 is 0 Å². The van der Waals surface area contributed by atoms with E-state index < -0.39 is 0 Å². The predicted molar refractivity (Wildman–Crippen MR) is 69.1 cm³/mol. The number of anilines is 1. The monoisotopic (exact) mass is 249 g/mol. The van der Waals surface area contributed by atoms with Gasteiger partial charge in [0, 0.05) is 18.8 Å². The van der Waals surface area contributed by atoms with Gasteiger partial charge in [-0.1, -0.05) is 0 Å². The van der Waals surface area contributed by atoms with Gasteiger partial charge in [0.05, 0.1) is 12.6 Å². The van der Waals surface area contributed by atoms with Crippen molar-refractivity contribution in [3.63, 3.8) is 0 Å². The Hall–Kier alpha value is -1.69. The van der Waals surface area contributed by atoms with Gasteiger partial charge in [-0.15, -0.1) is 0 Å². The number of rotatable bonds is 4. The number of carbonyl (C=O) groups excluding carboxylic acids is 1. The van der Waals surface area contributed by atoms with Crippen molar-refractivity contribution in [3.8, 4) is 0 Å². The third kappa shape index (κ3) is 2.76. The van der Waals surface area contributed by atoms with Crippen LogP contribution < -0.4 is 11.1 Å². The Labute approximate surface area is 107 Å². The molecule has 0 radical (unpaired) electrons. The van der Waals surface area contributed by atoms with Crippen LogP contribution in [-0.2, 0) is 4.79 Å². The van der Waals surface area contributed by atoms with E-state index in [0.717, 1.165) is 36.7 Å². The second-order valence-corrected chi connectivity index (χ2v) is 4.60. The lowest BCUT2D eigenvalue weighted by atomic mass is 10.2. The van der Waals surface area contributed by atoms with Gasteiger partial charge in [0.1, 0.15) is 11.6 Å². The summed E-state index contributed by atoms with van der Waals surface area (Å²) in [5.74, 6) is 1.28. The van der Waals surface area contributed by atoms with E-state index in [1.807, 2.05) is 20.0 Å². The van der Waals surface area contributed by atoms with Crippen LogP contribution in [0.1, 0.15) is 30.4 Å². The van der Waals surface area contributed by atoms with Gasteiger partial charge in [0.25, 0.3) is 0 Å². The van der Waals surface area contributed by atoms with Crippen LogP contribution in [0.2, 0.25) is 0 Å². The third-order valence-electron chi connectivity index (χ3n) is 3.15. The van der Waals surface area contributed by atoms with E-state index in [1.165, 1.54) is 0 Å². The number of likely N-dealkylation sites (tertiary alicyclic amines) is 1. The van der Waals surface area contributed by atoms with E-state index in [4.69, 9.17) is 5.73 Å². The molecule has 6 heteroatoms. The van der Waals surface area contributed by atoms with Crippen molar-refractivity contribution in [2.75, 3.05) is 25.5 Å². The van der Waals surface area contributed by atoms with Crippen LogP contribution in [0.3, 0.4) is 0 Å². The van der Waals surface area contributed by atoms with Crippen molar-refractivity contribution in [2.24, 2.45) is 5.73 Å². The number of primary amides is 1. The molecule has 1 aromatic heterocycles. The summed E-state index contributed by atoms with van der Waals surface area (Å²) >= 11 is 0. The molecule has 1 fully saturated rings. The molecular formula is C12H19N5O. The number of carbonyl (C=O) groups is 1. The molecule has 1 amide bonds. The van der Waals surface area contributed by atoms with Crippen LogP contribution in [0, 0.1) is 6.92 Å². The zero-order valence-corrected chi connectivity index (χ0v) is 10.8. The summed E-state index contributed by atoms with van der Waals surface area (Å²) in [5.41, 5.74) is 6.19. The van der Waals surface area contributed by atoms with E-state index in [0.29, 0.717) is 0 Å². The smallest absolute Gasteiger partial charge is 0.231 e. The maximum atomic E-state index is 11.0. The lowest BCUT2D eigenvalue weighted by Gasteiger charge is -2.22. The zero-order valence-electron chi connectivity index (χ0n) is 10.8. The molecule has 1 aliphatic rings. The lowest BCUT2D eigenvalue weighted by molar-refractivity contribution is -0.119. The SMILES string of the molecule is CNc1cc(C)nc([C@@H]2CCCN2CC(N)=O)n1. The Morgan fingerprint density at radius 3 is 3.06 bits per heavy atom. The summed E-state index contributed by atoms with van der Waals surface area (Å²) < 4.78 is 0. The minimum absolute atomic E-state index is 0.101. The summed E-state index contributed by atoms with van der Waals surface area (Å²) in [5, 5.41) is 3.03. The minimum Gasteiger partial charge on any atom is -0.373 e. The second-order valence-electron chi connectivity index (χ2n) is 4.60. The predicted octanol–water partition coefficient (Wildman–Crippen LogP) is 0.449. The number of amides is 1. The van der Waals surface area contributed by atoms with Crippen LogP contribution in [-0.4, -0.2) is 40.9 Å². The molecule has 1 atom stereocenters. The van der Waals surface area contributed by atoms with Gasteiger partial charge in [0.2, 0.25) is 5.91 Å². The van der Waals surface area contributed by atoms with Gasteiger partial charge in [-0.05, 0) is 26.3 Å². The summed E-state index contributed by atoms with van der Waals surface area (Å²) in [6.07, 6.45) is 2.02. The summed E-state index contributed by atoms with van der Waals surface area (Å²) in [6, 6.07) is 2.00. The number of nitrogens with zero attached hydrogens (tertiary/aromatic N) is 3. The maximum absolute atomic E-state index is 11.0. The maximum Gasteiger partial charge on any atom is 0.231 e. The Morgan fingerprint density at radius 2 is 2.39 bits per heavy atom. The average Bonchev–Trinajstić information content (AvgIpc) is 2.75. The molecule has 6 nitrogen and oxygen atoms in total. The molecule has 98 valence electrons. The summed E-state index contributed by atoms with van der Waals surface area (Å²) in [7, 11) is 1.83. The molecular weight excluding hydrogens is 230 g/mol. The highest BCUT2D eigenvalue weighted by Crippen LogP contribution is 2.29. The van der Waals surface area contributed by atoms with E-state index in [-0.39, 0.29) is 18.5 Å². The highest BCUT2D eigenvalue weighted by Gasteiger charge is 2.29. The van der Waals surface area contributed by atoms with E-state index in [9.17, 15) is 4.79 Å². The standard InChI is InChI=1S/C12H19N5O/c1-8-6-11(14-2)16-12(15-8)9-4-3-5-17(9)7-10(13)18/h6,9H,3-5,7H2,1-2H3,(H2,13,18)(H,14,15,16)/t9-/m0/s1. The van der Waals surface area contributed by atoms with Crippen molar-refractivity contribution in [1.29, 1.82) is 0 Å². The molecule has 1 aliphatic heterocycles. The average molecular weight is 249 g/mol. The fraction of sp³-hybridized carbons (Fsp3) is 0.583. The fourth-order valence-electron chi connectivity index (χ4n) is 2.38. The van der Waals surface area contributed by atoms with E-state index in [1.54, 1.807) is 0 Å². The molecule has 18 heavy (non-hydrogen) atoms. The van der Waals surface area contributed by atoms with Crippen LogP contribution in [0.5, 0.6) is 0 Å². The first-order chi connectivity index (χ1) is 8.60. The molecule has 2 heterocycles. The van der Waals surface area contributed by atoms with Gasteiger partial charge in [-0.25, -0.2) is 9.97 Å². The summed E-state index contributed by atoms with van der Waals surface area (Å²) in [4.78, 5) is 22.1. The number of hydrogen-bond acceptors (Lipinski definition) is 5. The molecule has 3 N–H and O–H groups in total. The molecule has 0 aromatic carbocycles. The third-order valence-corrected chi connectivity index (χ3v) is 3.15. The van der Waals surface area contributed by atoms with Gasteiger partial charge in [0.15, 0.2) is 0 Å². The zero-order chi connectivity index (χ0) is 13.1. The van der Waals surface area contributed by atoms with Crippen molar-refractivity contribution < 1.29 is 4.79 Å². The Balaban J connectivity index is 2.24. The number of nitrogens with two attached hydrogens (primary N) is 1. The van der Waals surface area contributed by atoms with E-state index in [2.05, 4.69) is 20.2 Å². The molecule has 1 aromatic rings. The number of aryl methyl sites for hydroxylation is 1. The van der Waals surface area contributed by atoms with Crippen LogP contribution in [0.15, 0.2) is 6.07 Å². The largest absolute Gasteiger partial charge is 0.373 e. The van der Waals surface area contributed by atoms with Crippen LogP contribution >= 0.6 is 0 Å². The van der Waals surface area contributed by atoms with Gasteiger partial charge < -0.3 is 11.1 Å². The van der Waals surface area contributed by atoms with Crippen molar-refractivity contribution in [3.05, 3.63) is 17.6 Å². The Morgan fingerprint density at radius 1 is 1.61 bits per heavy atom. The quantitative estimate of drug-likeness (QED) is 0.809. The molecule has 0 aliphatic carbocycles. The first-order valence-electron chi connectivity index (χ1n) is 6.16. The van der Waals surface area contributed by atoms with Crippen LogP contribution in [0.4, 0.5) is 5.82 Å². The number of hydrogen-bond donors (Lipinski definition) is 2. The summed E-state index contributed by atoms with van der Waals surface area (Å²) in [6.45, 7) is 3.09. The Bertz CT molecular complexity index is 448. The molecule has 0 spiro atoms. The molecule has 0 saturated carbocycles. The topological polar surface area (TPSA) is 84.1 Å². The van der Waals surface area contributed by atoms with Gasteiger partial charge in [-0.2, -0.15) is 0 Å². The normalized spacial score (nSPS) is 20.0. The molecule has 2 rings (SSSR count). The highest BCUT2D eigenvalue weighted by molar-refractivity contribution is 5.76. The van der Waals surface area contributed by atoms with Gasteiger partial charge in [-0.3, -0.25) is 9.69 Å². The molecule has 0 unspecified atom stereocenters. The first-order valence-corrected chi connectivity index (χ1v) is 6.16. The first kappa shape index (κ1) is 12.8.